The van der Waals surface area contributed by atoms with Crippen molar-refractivity contribution in [3.05, 3.63) is 0 Å². The van der Waals surface area contributed by atoms with Crippen LogP contribution in [0.4, 0.5) is 0 Å². The molecule has 1 aliphatic rings. The third-order valence-corrected chi connectivity index (χ3v) is 3.56. The van der Waals surface area contributed by atoms with Gasteiger partial charge in [0.05, 0.1) is 6.17 Å². The van der Waals surface area contributed by atoms with Gasteiger partial charge in [-0.2, -0.15) is 0 Å². The molecule has 3 atom stereocenters. The number of likely N-dealkylation sites (tertiary alicyclic amines) is 1. The van der Waals surface area contributed by atoms with Crippen LogP contribution in [0, 0.1) is 11.8 Å². The van der Waals surface area contributed by atoms with E-state index in [9.17, 15) is 0 Å². The van der Waals surface area contributed by atoms with Gasteiger partial charge in [-0.3, -0.25) is 4.90 Å². The molecule has 1 fully saturated rings. The lowest BCUT2D eigenvalue weighted by molar-refractivity contribution is 0.0962. The molecule has 0 bridgehead atoms. The van der Waals surface area contributed by atoms with Gasteiger partial charge in [-0.05, 0) is 50.6 Å². The maximum atomic E-state index is 6.28. The number of nitrogens with two attached hydrogens (primary N) is 2. The van der Waals surface area contributed by atoms with Gasteiger partial charge in [0.25, 0.3) is 0 Å². The van der Waals surface area contributed by atoms with Gasteiger partial charge in [-0.25, -0.2) is 0 Å². The number of piperidine rings is 1. The van der Waals surface area contributed by atoms with Gasteiger partial charge in [0.15, 0.2) is 0 Å². The molecule has 0 aromatic heterocycles. The van der Waals surface area contributed by atoms with E-state index < -0.39 is 0 Å². The van der Waals surface area contributed by atoms with Crippen LogP contribution in [0.25, 0.3) is 0 Å². The lowest BCUT2D eigenvalue weighted by Gasteiger charge is -2.38. The Kier molecular flexibility index (Phi) is 5.58. The van der Waals surface area contributed by atoms with Crippen LogP contribution in [0.15, 0.2) is 0 Å². The predicted octanol–water partition coefficient (Wildman–Crippen LogP) is 1.38. The van der Waals surface area contributed by atoms with Crippen LogP contribution in [-0.4, -0.2) is 30.7 Å². The first-order valence-electron chi connectivity index (χ1n) is 6.35. The average molecular weight is 213 g/mol. The zero-order valence-corrected chi connectivity index (χ0v) is 10.3. The molecule has 0 spiro atoms. The van der Waals surface area contributed by atoms with Crippen molar-refractivity contribution in [1.29, 1.82) is 0 Å². The van der Waals surface area contributed by atoms with Gasteiger partial charge in [0.1, 0.15) is 0 Å². The Morgan fingerprint density at radius 1 is 1.47 bits per heavy atom. The first kappa shape index (κ1) is 12.9. The molecule has 1 heterocycles. The fourth-order valence-corrected chi connectivity index (χ4v) is 2.47. The minimum atomic E-state index is 0.235. The van der Waals surface area contributed by atoms with Crippen LogP contribution in [0.2, 0.25) is 0 Å². The zero-order chi connectivity index (χ0) is 11.3. The molecule has 0 radical (unpaired) electrons. The summed E-state index contributed by atoms with van der Waals surface area (Å²) in [6.07, 6.45) is 5.15. The van der Waals surface area contributed by atoms with Crippen LogP contribution in [0.3, 0.4) is 0 Å². The Bertz CT molecular complexity index is 172. The highest BCUT2D eigenvalue weighted by atomic mass is 15.2. The molecule has 0 saturated carbocycles. The Hall–Kier alpha value is -0.120. The van der Waals surface area contributed by atoms with Gasteiger partial charge >= 0.3 is 0 Å². The second-order valence-electron chi connectivity index (χ2n) is 5.14. The van der Waals surface area contributed by atoms with Crippen molar-refractivity contribution < 1.29 is 0 Å². The Morgan fingerprint density at radius 3 is 2.80 bits per heavy atom. The Labute approximate surface area is 94.2 Å². The van der Waals surface area contributed by atoms with Crippen molar-refractivity contribution in [1.82, 2.24) is 4.90 Å². The number of hydrogen-bond acceptors (Lipinski definition) is 3. The third-order valence-electron chi connectivity index (χ3n) is 3.56. The Morgan fingerprint density at radius 2 is 2.20 bits per heavy atom. The van der Waals surface area contributed by atoms with Crippen molar-refractivity contribution in [3.8, 4) is 0 Å². The second kappa shape index (κ2) is 6.46. The molecule has 0 aromatic rings. The van der Waals surface area contributed by atoms with E-state index in [1.165, 1.54) is 25.9 Å². The van der Waals surface area contributed by atoms with Crippen LogP contribution in [0.5, 0.6) is 0 Å². The molecule has 3 heteroatoms. The molecule has 0 aliphatic carbocycles. The SMILES string of the molecule is CC1CCCN(C(N)C(C)CCCN)C1. The topological polar surface area (TPSA) is 55.3 Å². The normalized spacial score (nSPS) is 27.6. The molecular formula is C12H27N3. The summed E-state index contributed by atoms with van der Waals surface area (Å²) < 4.78 is 0. The molecule has 90 valence electrons. The average Bonchev–Trinajstić information content (AvgIpc) is 2.24. The van der Waals surface area contributed by atoms with E-state index in [0.717, 1.165) is 25.3 Å². The second-order valence-corrected chi connectivity index (χ2v) is 5.14. The number of nitrogens with zero attached hydrogens (tertiary/aromatic N) is 1. The first-order chi connectivity index (χ1) is 7.15. The summed E-state index contributed by atoms with van der Waals surface area (Å²) in [6, 6.07) is 0. The summed E-state index contributed by atoms with van der Waals surface area (Å²) >= 11 is 0. The molecule has 3 nitrogen and oxygen atoms in total. The third kappa shape index (κ3) is 4.09. The van der Waals surface area contributed by atoms with E-state index >= 15 is 0 Å². The smallest absolute Gasteiger partial charge is 0.0598 e. The van der Waals surface area contributed by atoms with E-state index in [1.807, 2.05) is 0 Å². The minimum Gasteiger partial charge on any atom is -0.330 e. The fourth-order valence-electron chi connectivity index (χ4n) is 2.47. The lowest BCUT2D eigenvalue weighted by atomic mass is 9.95. The highest BCUT2D eigenvalue weighted by Gasteiger charge is 2.24. The summed E-state index contributed by atoms with van der Waals surface area (Å²) in [5.41, 5.74) is 11.8. The van der Waals surface area contributed by atoms with Gasteiger partial charge in [0.2, 0.25) is 0 Å². The van der Waals surface area contributed by atoms with E-state index in [1.54, 1.807) is 0 Å². The van der Waals surface area contributed by atoms with Crippen LogP contribution in [-0.2, 0) is 0 Å². The van der Waals surface area contributed by atoms with E-state index in [4.69, 9.17) is 11.5 Å². The van der Waals surface area contributed by atoms with Crippen LogP contribution in [0.1, 0.15) is 39.5 Å². The summed E-state index contributed by atoms with van der Waals surface area (Å²) in [4.78, 5) is 2.45. The maximum absolute atomic E-state index is 6.28. The highest BCUT2D eigenvalue weighted by molar-refractivity contribution is 4.77. The van der Waals surface area contributed by atoms with Crippen molar-refractivity contribution >= 4 is 0 Å². The summed E-state index contributed by atoms with van der Waals surface area (Å²) in [7, 11) is 0. The minimum absolute atomic E-state index is 0.235. The summed E-state index contributed by atoms with van der Waals surface area (Å²) in [6.45, 7) is 7.71. The van der Waals surface area contributed by atoms with Gasteiger partial charge in [-0.1, -0.05) is 13.8 Å². The quantitative estimate of drug-likeness (QED) is 0.725. The molecule has 15 heavy (non-hydrogen) atoms. The maximum Gasteiger partial charge on any atom is 0.0598 e. The van der Waals surface area contributed by atoms with Gasteiger partial charge < -0.3 is 11.5 Å². The van der Waals surface area contributed by atoms with E-state index in [-0.39, 0.29) is 6.17 Å². The zero-order valence-electron chi connectivity index (χ0n) is 10.3. The highest BCUT2D eigenvalue weighted by Crippen LogP contribution is 2.20. The molecule has 3 unspecified atom stereocenters. The van der Waals surface area contributed by atoms with Crippen LogP contribution < -0.4 is 11.5 Å². The molecule has 0 aromatic carbocycles. The molecular weight excluding hydrogens is 186 g/mol. The number of rotatable bonds is 5. The fraction of sp³-hybridized carbons (Fsp3) is 1.00. The molecule has 1 rings (SSSR count). The van der Waals surface area contributed by atoms with Crippen molar-refractivity contribution in [3.63, 3.8) is 0 Å². The molecule has 1 saturated heterocycles. The van der Waals surface area contributed by atoms with E-state index in [2.05, 4.69) is 18.7 Å². The standard InChI is InChI=1S/C12H27N3/c1-10-5-4-8-15(9-10)12(14)11(2)6-3-7-13/h10-12H,3-9,13-14H2,1-2H3. The van der Waals surface area contributed by atoms with Crippen LogP contribution >= 0.6 is 0 Å². The van der Waals surface area contributed by atoms with Crippen molar-refractivity contribution in [2.24, 2.45) is 23.3 Å². The van der Waals surface area contributed by atoms with Gasteiger partial charge in [0, 0.05) is 6.54 Å². The Balaban J connectivity index is 2.33. The first-order valence-corrected chi connectivity index (χ1v) is 6.35. The molecule has 4 N–H and O–H groups in total. The van der Waals surface area contributed by atoms with Gasteiger partial charge in [-0.15, -0.1) is 0 Å². The van der Waals surface area contributed by atoms with E-state index in [0.29, 0.717) is 5.92 Å². The monoisotopic (exact) mass is 213 g/mol. The lowest BCUT2D eigenvalue weighted by Crippen LogP contribution is -2.50. The molecule has 1 aliphatic heterocycles. The molecule has 0 amide bonds. The summed E-state index contributed by atoms with van der Waals surface area (Å²) in [5.74, 6) is 1.38. The van der Waals surface area contributed by atoms with Crippen molar-refractivity contribution in [2.45, 2.75) is 45.7 Å². The summed E-state index contributed by atoms with van der Waals surface area (Å²) in [5, 5.41) is 0. The largest absolute Gasteiger partial charge is 0.330 e. The number of hydrogen-bond donors (Lipinski definition) is 2. The predicted molar refractivity (Wildman–Crippen MR) is 65.4 cm³/mol. The van der Waals surface area contributed by atoms with Crippen molar-refractivity contribution in [2.75, 3.05) is 19.6 Å².